The van der Waals surface area contributed by atoms with E-state index in [0.29, 0.717) is 17.1 Å². The Kier molecular flexibility index (Phi) is 6.12. The maximum Gasteiger partial charge on any atom is 0.296 e. The highest BCUT2D eigenvalue weighted by atomic mass is 16.5. The molecule has 3 aromatic carbocycles. The van der Waals surface area contributed by atoms with Crippen LogP contribution in [0.2, 0.25) is 0 Å². The summed E-state index contributed by atoms with van der Waals surface area (Å²) in [5.41, 5.74) is 1.87. The van der Waals surface area contributed by atoms with Crippen LogP contribution in [0, 0.1) is 0 Å². The van der Waals surface area contributed by atoms with Gasteiger partial charge in [0.15, 0.2) is 0 Å². The smallest absolute Gasteiger partial charge is 0.296 e. The van der Waals surface area contributed by atoms with Crippen molar-refractivity contribution in [2.45, 2.75) is 38.8 Å². The average Bonchev–Trinajstić information content (AvgIpc) is 3.49. The van der Waals surface area contributed by atoms with Gasteiger partial charge in [0.2, 0.25) is 0 Å². The molecule has 1 atom stereocenters. The Morgan fingerprint density at radius 2 is 1.76 bits per heavy atom. The number of likely N-dealkylation sites (tertiary alicyclic amines) is 1. The number of amides is 1. The molecule has 37 heavy (non-hydrogen) atoms. The number of nitrogens with zero attached hydrogens (tertiary/aromatic N) is 1. The average molecular weight is 496 g/mol. The van der Waals surface area contributed by atoms with E-state index in [2.05, 4.69) is 0 Å². The first-order valence-corrected chi connectivity index (χ1v) is 12.2. The zero-order chi connectivity index (χ0) is 26.3. The quantitative estimate of drug-likeness (QED) is 0.198. The van der Waals surface area contributed by atoms with E-state index in [0.717, 1.165) is 21.9 Å². The van der Waals surface area contributed by atoms with Crippen LogP contribution in [0.3, 0.4) is 0 Å². The third-order valence-electron chi connectivity index (χ3n) is 6.85. The first kappa shape index (κ1) is 24.4. The molecule has 188 valence electrons. The lowest BCUT2D eigenvalue weighted by atomic mass is 9.84. The molecule has 1 aromatic heterocycles. The molecular formula is C31H29NO5. The van der Waals surface area contributed by atoms with E-state index in [9.17, 15) is 14.7 Å². The Morgan fingerprint density at radius 1 is 1.00 bits per heavy atom. The molecule has 1 fully saturated rings. The van der Waals surface area contributed by atoms with E-state index < -0.39 is 17.7 Å². The number of hydrogen-bond donors (Lipinski definition) is 1. The maximum atomic E-state index is 13.5. The van der Waals surface area contributed by atoms with Crippen molar-refractivity contribution in [2.75, 3.05) is 7.11 Å². The fourth-order valence-corrected chi connectivity index (χ4v) is 5.02. The number of rotatable bonds is 5. The molecule has 6 nitrogen and oxygen atoms in total. The van der Waals surface area contributed by atoms with Crippen molar-refractivity contribution >= 4 is 28.2 Å². The van der Waals surface area contributed by atoms with Crippen LogP contribution in [0.15, 0.2) is 89.0 Å². The molecule has 1 amide bonds. The van der Waals surface area contributed by atoms with Crippen LogP contribution in [-0.4, -0.2) is 28.8 Å². The Balaban J connectivity index is 1.74. The fourth-order valence-electron chi connectivity index (χ4n) is 5.02. The largest absolute Gasteiger partial charge is 0.507 e. The summed E-state index contributed by atoms with van der Waals surface area (Å²) in [5, 5.41) is 13.5. The monoisotopic (exact) mass is 495 g/mol. The summed E-state index contributed by atoms with van der Waals surface area (Å²) in [6.45, 7) is 6.24. The molecule has 1 aliphatic rings. The van der Waals surface area contributed by atoms with Crippen LogP contribution in [0.5, 0.6) is 5.75 Å². The summed E-state index contributed by atoms with van der Waals surface area (Å²) >= 11 is 0. The molecule has 6 heteroatoms. The number of aliphatic hydroxyl groups is 1. The van der Waals surface area contributed by atoms with Crippen LogP contribution in [0.25, 0.3) is 16.5 Å². The molecule has 0 aliphatic carbocycles. The van der Waals surface area contributed by atoms with Crippen molar-refractivity contribution in [1.29, 1.82) is 0 Å². The second kappa shape index (κ2) is 9.28. The first-order valence-electron chi connectivity index (χ1n) is 12.2. The summed E-state index contributed by atoms with van der Waals surface area (Å²) in [7, 11) is 1.60. The standard InChI is InChI=1S/C31H29NO5/c1-31(2,3)24-17-20(14-15-25(24)36-4)28(33)26-27(23-13-7-10-19-9-5-6-12-22(19)23)32(30(35)29(26)34)18-21-11-8-16-37-21/h5-17,27,33H,18H2,1-4H3/b28-26+. The van der Waals surface area contributed by atoms with Crippen molar-refractivity contribution in [3.8, 4) is 5.75 Å². The van der Waals surface area contributed by atoms with Crippen LogP contribution in [0.4, 0.5) is 0 Å². The normalized spacial score (nSPS) is 17.5. The zero-order valence-corrected chi connectivity index (χ0v) is 21.3. The number of methoxy groups -OCH3 is 1. The third-order valence-corrected chi connectivity index (χ3v) is 6.85. The molecular weight excluding hydrogens is 466 g/mol. The minimum atomic E-state index is -0.795. The molecule has 1 unspecified atom stereocenters. The summed E-state index contributed by atoms with van der Waals surface area (Å²) < 4.78 is 11.1. The molecule has 4 aromatic rings. The maximum absolute atomic E-state index is 13.5. The van der Waals surface area contributed by atoms with Gasteiger partial charge in [-0.05, 0) is 52.1 Å². The van der Waals surface area contributed by atoms with Crippen molar-refractivity contribution in [1.82, 2.24) is 4.90 Å². The van der Waals surface area contributed by atoms with Crippen molar-refractivity contribution in [3.63, 3.8) is 0 Å². The SMILES string of the molecule is COc1ccc(/C(O)=C2\C(=O)C(=O)N(Cc3ccco3)C2c2cccc3ccccc23)cc1C(C)(C)C. The van der Waals surface area contributed by atoms with Crippen molar-refractivity contribution < 1.29 is 23.8 Å². The predicted octanol–water partition coefficient (Wildman–Crippen LogP) is 6.36. The van der Waals surface area contributed by atoms with E-state index in [1.165, 1.54) is 11.2 Å². The molecule has 0 radical (unpaired) electrons. The first-order chi connectivity index (χ1) is 17.7. The number of ether oxygens (including phenoxy) is 1. The number of ketones is 1. The van der Waals surface area contributed by atoms with Crippen molar-refractivity contribution in [3.05, 3.63) is 107 Å². The van der Waals surface area contributed by atoms with Gasteiger partial charge in [0.05, 0.1) is 31.5 Å². The zero-order valence-electron chi connectivity index (χ0n) is 21.3. The van der Waals surface area contributed by atoms with Crippen molar-refractivity contribution in [2.24, 2.45) is 0 Å². The minimum absolute atomic E-state index is 0.0536. The summed E-state index contributed by atoms with van der Waals surface area (Å²) in [4.78, 5) is 28.4. The topological polar surface area (TPSA) is 80.0 Å². The highest BCUT2D eigenvalue weighted by Crippen LogP contribution is 2.43. The Hall–Kier alpha value is -4.32. The second-order valence-corrected chi connectivity index (χ2v) is 10.2. The van der Waals surface area contributed by atoms with E-state index in [1.54, 1.807) is 31.4 Å². The molecule has 1 saturated heterocycles. The van der Waals surface area contributed by atoms with Gasteiger partial charge in [0.25, 0.3) is 11.7 Å². The lowest BCUT2D eigenvalue weighted by Gasteiger charge is -2.26. The summed E-state index contributed by atoms with van der Waals surface area (Å²) in [5.74, 6) is -0.388. The molecule has 1 N–H and O–H groups in total. The molecule has 0 saturated carbocycles. The molecule has 0 bridgehead atoms. The van der Waals surface area contributed by atoms with E-state index >= 15 is 0 Å². The van der Waals surface area contributed by atoms with E-state index in [4.69, 9.17) is 9.15 Å². The Morgan fingerprint density at radius 3 is 2.46 bits per heavy atom. The summed E-state index contributed by atoms with van der Waals surface area (Å²) in [6.07, 6.45) is 1.53. The van der Waals surface area contributed by atoms with Gasteiger partial charge >= 0.3 is 0 Å². The summed E-state index contributed by atoms with van der Waals surface area (Å²) in [6, 6.07) is 21.6. The van der Waals surface area contributed by atoms with Crippen LogP contribution >= 0.6 is 0 Å². The van der Waals surface area contributed by atoms with E-state index in [1.807, 2.05) is 69.3 Å². The Bertz CT molecular complexity index is 1520. The van der Waals surface area contributed by atoms with E-state index in [-0.39, 0.29) is 23.3 Å². The number of carbonyl (C=O) groups excluding carboxylic acids is 2. The predicted molar refractivity (Wildman–Crippen MR) is 142 cm³/mol. The molecule has 2 heterocycles. The van der Waals surface area contributed by atoms with Gasteiger partial charge in [-0.25, -0.2) is 0 Å². The highest BCUT2D eigenvalue weighted by molar-refractivity contribution is 6.46. The van der Waals surface area contributed by atoms with Crippen LogP contribution in [-0.2, 0) is 21.5 Å². The van der Waals surface area contributed by atoms with Gasteiger partial charge in [-0.3, -0.25) is 9.59 Å². The van der Waals surface area contributed by atoms with Gasteiger partial charge in [-0.1, -0.05) is 63.2 Å². The van der Waals surface area contributed by atoms with Crippen LogP contribution in [0.1, 0.15) is 49.3 Å². The number of carbonyl (C=O) groups is 2. The molecule has 1 aliphatic heterocycles. The van der Waals surface area contributed by atoms with Gasteiger partial charge in [0.1, 0.15) is 17.3 Å². The van der Waals surface area contributed by atoms with Gasteiger partial charge in [-0.15, -0.1) is 0 Å². The highest BCUT2D eigenvalue weighted by Gasteiger charge is 2.47. The molecule has 0 spiro atoms. The number of fused-ring (bicyclic) bond motifs is 1. The number of aliphatic hydroxyl groups excluding tert-OH is 1. The van der Waals surface area contributed by atoms with Gasteiger partial charge in [-0.2, -0.15) is 0 Å². The van der Waals surface area contributed by atoms with Gasteiger partial charge in [0, 0.05) is 11.1 Å². The number of furan rings is 1. The number of Topliss-reactive ketones (excluding diaryl/α,β-unsaturated/α-hetero) is 1. The lowest BCUT2D eigenvalue weighted by molar-refractivity contribution is -0.140. The number of hydrogen-bond acceptors (Lipinski definition) is 5. The fraction of sp³-hybridized carbons (Fsp3) is 0.226. The lowest BCUT2D eigenvalue weighted by Crippen LogP contribution is -2.29. The second-order valence-electron chi connectivity index (χ2n) is 10.2. The van der Waals surface area contributed by atoms with Gasteiger partial charge < -0.3 is 19.2 Å². The Labute approximate surface area is 215 Å². The molecule has 5 rings (SSSR count). The minimum Gasteiger partial charge on any atom is -0.507 e. The third kappa shape index (κ3) is 4.29. The number of benzene rings is 3. The van der Waals surface area contributed by atoms with Crippen LogP contribution < -0.4 is 4.74 Å².